The van der Waals surface area contributed by atoms with Gasteiger partial charge >= 0.3 is 11.9 Å². The predicted molar refractivity (Wildman–Crippen MR) is 56.3 cm³/mol. The van der Waals surface area contributed by atoms with Crippen LogP contribution in [0.4, 0.5) is 13.2 Å². The van der Waals surface area contributed by atoms with Gasteiger partial charge in [0.1, 0.15) is 6.54 Å². The van der Waals surface area contributed by atoms with E-state index >= 15 is 0 Å². The van der Waals surface area contributed by atoms with Gasteiger partial charge in [-0.1, -0.05) is 0 Å². The van der Waals surface area contributed by atoms with Crippen molar-refractivity contribution in [1.82, 2.24) is 18.7 Å². The highest BCUT2D eigenvalue weighted by Gasteiger charge is 2.29. The van der Waals surface area contributed by atoms with Crippen molar-refractivity contribution in [2.24, 2.45) is 14.1 Å². The van der Waals surface area contributed by atoms with Gasteiger partial charge in [-0.3, -0.25) is 13.9 Å². The van der Waals surface area contributed by atoms with E-state index in [1.165, 1.54) is 14.1 Å². The Labute approximate surface area is 97.9 Å². The van der Waals surface area contributed by atoms with Crippen molar-refractivity contribution in [2.45, 2.75) is 12.7 Å². The SMILES string of the molecule is Cn1c(=O)c2c(ncn2CC(F)(F)F)n(C)c1=O. The Morgan fingerprint density at radius 2 is 1.83 bits per heavy atom. The van der Waals surface area contributed by atoms with Gasteiger partial charge in [0.25, 0.3) is 5.56 Å². The monoisotopic (exact) mass is 262 g/mol. The van der Waals surface area contributed by atoms with Gasteiger partial charge in [-0.15, -0.1) is 0 Å². The van der Waals surface area contributed by atoms with Gasteiger partial charge < -0.3 is 4.57 Å². The number of hydrogen-bond donors (Lipinski definition) is 0. The van der Waals surface area contributed by atoms with Crippen LogP contribution < -0.4 is 11.2 Å². The number of hydrogen-bond acceptors (Lipinski definition) is 3. The lowest BCUT2D eigenvalue weighted by molar-refractivity contribution is -0.140. The first-order valence-corrected chi connectivity index (χ1v) is 4.90. The van der Waals surface area contributed by atoms with Crippen molar-refractivity contribution in [3.8, 4) is 0 Å². The molecule has 2 heterocycles. The Bertz CT molecular complexity index is 722. The Balaban J connectivity index is 2.82. The zero-order valence-corrected chi connectivity index (χ0v) is 9.52. The highest BCUT2D eigenvalue weighted by molar-refractivity contribution is 5.69. The molecule has 0 saturated heterocycles. The van der Waals surface area contributed by atoms with Crippen LogP contribution in [0, 0.1) is 0 Å². The summed E-state index contributed by atoms with van der Waals surface area (Å²) < 4.78 is 39.5. The van der Waals surface area contributed by atoms with Crippen LogP contribution in [0.3, 0.4) is 0 Å². The molecule has 0 bridgehead atoms. The fourth-order valence-electron chi connectivity index (χ4n) is 1.71. The van der Waals surface area contributed by atoms with Crippen LogP contribution in [0.1, 0.15) is 0 Å². The smallest absolute Gasteiger partial charge is 0.316 e. The molecule has 0 fully saturated rings. The first kappa shape index (κ1) is 12.4. The number of imidazole rings is 1. The van der Waals surface area contributed by atoms with Gasteiger partial charge in [0.05, 0.1) is 6.33 Å². The maximum Gasteiger partial charge on any atom is 0.406 e. The summed E-state index contributed by atoms with van der Waals surface area (Å²) in [7, 11) is 2.55. The lowest BCUT2D eigenvalue weighted by Gasteiger charge is -2.08. The lowest BCUT2D eigenvalue weighted by Crippen LogP contribution is -2.38. The first-order valence-electron chi connectivity index (χ1n) is 4.90. The third-order valence-corrected chi connectivity index (χ3v) is 2.57. The third kappa shape index (κ3) is 1.81. The molecule has 0 unspecified atom stereocenters. The van der Waals surface area contributed by atoms with E-state index in [2.05, 4.69) is 4.98 Å². The van der Waals surface area contributed by atoms with E-state index in [0.717, 1.165) is 15.5 Å². The molecule has 0 radical (unpaired) electrons. The molecule has 9 heteroatoms. The molecule has 0 N–H and O–H groups in total. The Hall–Kier alpha value is -2.06. The van der Waals surface area contributed by atoms with Crippen LogP contribution >= 0.6 is 0 Å². The minimum Gasteiger partial charge on any atom is -0.316 e. The Morgan fingerprint density at radius 1 is 1.22 bits per heavy atom. The normalized spacial score (nSPS) is 12.3. The lowest BCUT2D eigenvalue weighted by atomic mass is 10.5. The second kappa shape index (κ2) is 3.72. The third-order valence-electron chi connectivity index (χ3n) is 2.57. The molecule has 0 aliphatic rings. The summed E-state index contributed by atoms with van der Waals surface area (Å²) in [6.45, 7) is -1.32. The van der Waals surface area contributed by atoms with E-state index in [-0.39, 0.29) is 11.2 Å². The summed E-state index contributed by atoms with van der Waals surface area (Å²) in [5, 5.41) is 0. The molecule has 2 rings (SSSR count). The fraction of sp³-hybridized carbons (Fsp3) is 0.444. The quantitative estimate of drug-likeness (QED) is 0.726. The summed E-state index contributed by atoms with van der Waals surface area (Å²) in [6, 6.07) is 0. The van der Waals surface area contributed by atoms with Gasteiger partial charge in [-0.25, -0.2) is 9.78 Å². The number of rotatable bonds is 1. The molecule has 2 aromatic rings. The summed E-state index contributed by atoms with van der Waals surface area (Å²) in [4.78, 5) is 27.0. The molecular formula is C9H9F3N4O2. The number of alkyl halides is 3. The molecule has 0 atom stereocenters. The second-order valence-electron chi connectivity index (χ2n) is 3.87. The summed E-state index contributed by atoms with van der Waals surface area (Å²) >= 11 is 0. The van der Waals surface area contributed by atoms with Crippen molar-refractivity contribution in [2.75, 3.05) is 0 Å². The Kier molecular flexibility index (Phi) is 2.56. The summed E-state index contributed by atoms with van der Waals surface area (Å²) in [6.07, 6.45) is -3.56. The summed E-state index contributed by atoms with van der Waals surface area (Å²) in [5.74, 6) is 0. The van der Waals surface area contributed by atoms with Crippen molar-refractivity contribution < 1.29 is 13.2 Å². The zero-order chi connectivity index (χ0) is 13.7. The minimum atomic E-state index is -4.46. The van der Waals surface area contributed by atoms with Gasteiger partial charge in [0, 0.05) is 14.1 Å². The van der Waals surface area contributed by atoms with E-state index in [1.807, 2.05) is 0 Å². The highest BCUT2D eigenvalue weighted by Crippen LogP contribution is 2.19. The van der Waals surface area contributed by atoms with E-state index in [0.29, 0.717) is 4.57 Å². The number of halogens is 3. The van der Waals surface area contributed by atoms with Gasteiger partial charge in [-0.2, -0.15) is 13.2 Å². The van der Waals surface area contributed by atoms with Gasteiger partial charge in [0.2, 0.25) is 0 Å². The Morgan fingerprint density at radius 3 is 2.39 bits per heavy atom. The standard InChI is InChI=1S/C9H9F3N4O2/c1-14-6-5(7(17)15(2)8(14)18)16(4-13-6)3-9(10,11)12/h4H,3H2,1-2H3. The van der Waals surface area contributed by atoms with Crippen molar-refractivity contribution >= 4 is 11.2 Å². The number of aryl methyl sites for hydroxylation is 1. The molecule has 98 valence electrons. The molecule has 0 aliphatic heterocycles. The van der Waals surface area contributed by atoms with E-state index < -0.39 is 24.0 Å². The molecule has 2 aromatic heterocycles. The minimum absolute atomic E-state index is 0.0626. The molecule has 0 aromatic carbocycles. The molecule has 0 spiro atoms. The number of fused-ring (bicyclic) bond motifs is 1. The molecule has 0 saturated carbocycles. The fourth-order valence-corrected chi connectivity index (χ4v) is 1.71. The van der Waals surface area contributed by atoms with Crippen LogP contribution in [0.5, 0.6) is 0 Å². The van der Waals surface area contributed by atoms with E-state index in [4.69, 9.17) is 0 Å². The zero-order valence-electron chi connectivity index (χ0n) is 9.52. The van der Waals surface area contributed by atoms with Crippen LogP contribution in [-0.4, -0.2) is 24.9 Å². The molecule has 6 nitrogen and oxygen atoms in total. The highest BCUT2D eigenvalue weighted by atomic mass is 19.4. The van der Waals surface area contributed by atoms with Gasteiger partial charge in [-0.05, 0) is 0 Å². The maximum atomic E-state index is 12.3. The largest absolute Gasteiger partial charge is 0.406 e. The first-order chi connectivity index (χ1) is 8.22. The van der Waals surface area contributed by atoms with Gasteiger partial charge in [0.15, 0.2) is 11.2 Å². The molecular weight excluding hydrogens is 253 g/mol. The van der Waals surface area contributed by atoms with Crippen LogP contribution in [0.15, 0.2) is 15.9 Å². The van der Waals surface area contributed by atoms with Crippen LogP contribution in [0.2, 0.25) is 0 Å². The topological polar surface area (TPSA) is 61.8 Å². The number of aromatic nitrogens is 4. The molecule has 0 aliphatic carbocycles. The predicted octanol–water partition coefficient (Wildman–Crippen LogP) is -0.00400. The van der Waals surface area contributed by atoms with E-state index in [1.54, 1.807) is 0 Å². The van der Waals surface area contributed by atoms with E-state index in [9.17, 15) is 22.8 Å². The van der Waals surface area contributed by atoms with Crippen molar-refractivity contribution in [1.29, 1.82) is 0 Å². The molecule has 18 heavy (non-hydrogen) atoms. The second-order valence-corrected chi connectivity index (χ2v) is 3.87. The average molecular weight is 262 g/mol. The van der Waals surface area contributed by atoms with Crippen molar-refractivity contribution in [3.63, 3.8) is 0 Å². The summed E-state index contributed by atoms with van der Waals surface area (Å²) in [5.41, 5.74) is -1.73. The molecule has 0 amide bonds. The number of nitrogens with zero attached hydrogens (tertiary/aromatic N) is 4. The van der Waals surface area contributed by atoms with Crippen LogP contribution in [-0.2, 0) is 20.6 Å². The average Bonchev–Trinajstić information content (AvgIpc) is 2.65. The maximum absolute atomic E-state index is 12.3. The van der Waals surface area contributed by atoms with Crippen LogP contribution in [0.25, 0.3) is 11.2 Å². The van der Waals surface area contributed by atoms with Crippen molar-refractivity contribution in [3.05, 3.63) is 27.2 Å².